The van der Waals surface area contributed by atoms with Crippen molar-refractivity contribution in [3.63, 3.8) is 0 Å². The van der Waals surface area contributed by atoms with Gasteiger partial charge in [-0.1, -0.05) is 42.5 Å². The number of hydrogen-bond donors (Lipinski definition) is 1. The molecule has 0 saturated heterocycles. The van der Waals surface area contributed by atoms with Gasteiger partial charge < -0.3 is 19.3 Å². The molecule has 0 aromatic heterocycles. The van der Waals surface area contributed by atoms with Gasteiger partial charge in [0.1, 0.15) is 18.3 Å². The Balaban J connectivity index is 2.12. The molecule has 0 radical (unpaired) electrons. The molecule has 0 bridgehead atoms. The van der Waals surface area contributed by atoms with Crippen molar-refractivity contribution in [3.05, 3.63) is 48.0 Å². The number of allylic oxidation sites excluding steroid dienone is 2. The quantitative estimate of drug-likeness (QED) is 0.149. The van der Waals surface area contributed by atoms with Crippen LogP contribution in [0.25, 0.3) is 0 Å². The van der Waals surface area contributed by atoms with Crippen molar-refractivity contribution in [2.24, 2.45) is 11.8 Å². The fourth-order valence-electron chi connectivity index (χ4n) is 5.14. The molecular weight excluding hydrogens is 476 g/mol. The number of carbonyl (C=O) groups excluding carboxylic acids is 3. The lowest BCUT2D eigenvalue weighted by Crippen LogP contribution is -2.28. The van der Waals surface area contributed by atoms with E-state index in [-0.39, 0.29) is 42.3 Å². The summed E-state index contributed by atoms with van der Waals surface area (Å²) in [6.07, 6.45) is 7.88. The van der Waals surface area contributed by atoms with Crippen LogP contribution in [0.15, 0.2) is 42.5 Å². The number of hydrogen-bond acceptors (Lipinski definition) is 7. The van der Waals surface area contributed by atoms with Gasteiger partial charge in [0.05, 0.1) is 0 Å². The summed E-state index contributed by atoms with van der Waals surface area (Å²) >= 11 is 0. The van der Waals surface area contributed by atoms with Gasteiger partial charge in [-0.15, -0.1) is 0 Å². The molecule has 0 aliphatic heterocycles. The summed E-state index contributed by atoms with van der Waals surface area (Å²) in [6, 6.07) is 10.0. The maximum atomic E-state index is 11.8. The van der Waals surface area contributed by atoms with Crippen molar-refractivity contribution in [3.8, 4) is 0 Å². The summed E-state index contributed by atoms with van der Waals surface area (Å²) < 4.78 is 16.9. The van der Waals surface area contributed by atoms with Crippen LogP contribution in [-0.4, -0.2) is 47.3 Å². The lowest BCUT2D eigenvalue weighted by Gasteiger charge is -2.27. The van der Waals surface area contributed by atoms with E-state index in [0.717, 1.165) is 6.42 Å². The molecule has 8 nitrogen and oxygen atoms in total. The van der Waals surface area contributed by atoms with E-state index in [2.05, 4.69) is 0 Å². The Labute approximate surface area is 219 Å². The van der Waals surface area contributed by atoms with E-state index in [1.807, 2.05) is 42.5 Å². The molecule has 2 rings (SSSR count). The first-order chi connectivity index (χ1) is 17.7. The van der Waals surface area contributed by atoms with E-state index in [9.17, 15) is 19.2 Å². The molecule has 1 fully saturated rings. The number of aliphatic carboxylic acids is 1. The topological polar surface area (TPSA) is 116 Å². The Bertz CT molecular complexity index is 910. The molecule has 37 heavy (non-hydrogen) atoms. The van der Waals surface area contributed by atoms with Crippen LogP contribution in [0.4, 0.5) is 0 Å². The highest BCUT2D eigenvalue weighted by atomic mass is 16.6. The van der Waals surface area contributed by atoms with Gasteiger partial charge in [0.25, 0.3) is 0 Å². The fourth-order valence-corrected chi connectivity index (χ4v) is 5.14. The molecule has 1 N–H and O–H groups in total. The van der Waals surface area contributed by atoms with E-state index in [0.29, 0.717) is 44.9 Å². The van der Waals surface area contributed by atoms with Crippen LogP contribution in [0.3, 0.4) is 0 Å². The van der Waals surface area contributed by atoms with Crippen LogP contribution in [0.5, 0.6) is 0 Å². The predicted octanol–water partition coefficient (Wildman–Crippen LogP) is 5.03. The number of aryl methyl sites for hydroxylation is 1. The van der Waals surface area contributed by atoms with Gasteiger partial charge in [-0.2, -0.15) is 0 Å². The second-order valence-electron chi connectivity index (χ2n) is 9.69. The van der Waals surface area contributed by atoms with E-state index >= 15 is 0 Å². The second kappa shape index (κ2) is 15.8. The van der Waals surface area contributed by atoms with E-state index in [4.69, 9.17) is 19.3 Å². The third kappa shape index (κ3) is 11.6. The number of ether oxygens (including phenoxy) is 3. The SMILES string of the molecule is CC(=O)O[C@H](CCc1ccccc1)CC[C@@H]1[C@@H](C/C=C\CCCC(=O)O)[C@@H](OC(C)=O)C[C@H]1OC(C)=O. The van der Waals surface area contributed by atoms with Crippen molar-refractivity contribution in [1.82, 2.24) is 0 Å². The molecule has 1 saturated carbocycles. The van der Waals surface area contributed by atoms with E-state index < -0.39 is 18.2 Å². The first-order valence-corrected chi connectivity index (χ1v) is 13.1. The molecule has 1 aromatic rings. The molecule has 0 unspecified atom stereocenters. The summed E-state index contributed by atoms with van der Waals surface area (Å²) in [5.74, 6) is -2.08. The third-order valence-corrected chi connectivity index (χ3v) is 6.69. The van der Waals surface area contributed by atoms with Crippen LogP contribution < -0.4 is 0 Å². The second-order valence-corrected chi connectivity index (χ2v) is 9.69. The zero-order valence-corrected chi connectivity index (χ0v) is 22.1. The molecule has 8 heteroatoms. The minimum absolute atomic E-state index is 0.0731. The van der Waals surface area contributed by atoms with Crippen LogP contribution in [0.1, 0.15) is 77.7 Å². The maximum absolute atomic E-state index is 11.8. The normalized spacial score (nSPS) is 21.9. The van der Waals surface area contributed by atoms with Gasteiger partial charge in [0, 0.05) is 45.4 Å². The number of carboxylic acids is 1. The average molecular weight is 517 g/mol. The average Bonchev–Trinajstić information content (AvgIpc) is 3.12. The molecule has 1 aliphatic rings. The summed E-state index contributed by atoms with van der Waals surface area (Å²) in [5, 5.41) is 8.81. The molecule has 0 spiro atoms. The van der Waals surface area contributed by atoms with Gasteiger partial charge >= 0.3 is 23.9 Å². The molecule has 0 amide bonds. The number of rotatable bonds is 15. The first kappa shape index (κ1) is 30.1. The number of carbonyl (C=O) groups is 4. The summed E-state index contributed by atoms with van der Waals surface area (Å²) in [6.45, 7) is 4.14. The van der Waals surface area contributed by atoms with Crippen LogP contribution in [0.2, 0.25) is 0 Å². The number of unbranched alkanes of at least 4 members (excludes halogenated alkanes) is 1. The Kier molecular flexibility index (Phi) is 12.9. The third-order valence-electron chi connectivity index (χ3n) is 6.69. The molecule has 1 aliphatic carbocycles. The van der Waals surface area contributed by atoms with Gasteiger partial charge in [0.2, 0.25) is 0 Å². The zero-order valence-electron chi connectivity index (χ0n) is 22.1. The Morgan fingerprint density at radius 3 is 2.16 bits per heavy atom. The molecule has 204 valence electrons. The van der Waals surface area contributed by atoms with Gasteiger partial charge in [0.15, 0.2) is 0 Å². The van der Waals surface area contributed by atoms with Gasteiger partial charge in [-0.05, 0) is 50.5 Å². The monoisotopic (exact) mass is 516 g/mol. The first-order valence-electron chi connectivity index (χ1n) is 13.1. The number of benzene rings is 1. The van der Waals surface area contributed by atoms with Crippen molar-refractivity contribution in [2.45, 2.75) is 96.9 Å². The van der Waals surface area contributed by atoms with Crippen LogP contribution in [-0.2, 0) is 39.8 Å². The highest BCUT2D eigenvalue weighted by molar-refractivity contribution is 5.67. The largest absolute Gasteiger partial charge is 0.481 e. The van der Waals surface area contributed by atoms with Crippen molar-refractivity contribution < 1.29 is 38.5 Å². The van der Waals surface area contributed by atoms with Gasteiger partial charge in [-0.25, -0.2) is 0 Å². The summed E-state index contributed by atoms with van der Waals surface area (Å²) in [7, 11) is 0. The lowest BCUT2D eigenvalue weighted by molar-refractivity contribution is -0.149. The van der Waals surface area contributed by atoms with Crippen LogP contribution >= 0.6 is 0 Å². The van der Waals surface area contributed by atoms with Gasteiger partial charge in [-0.3, -0.25) is 19.2 Å². The highest BCUT2D eigenvalue weighted by Gasteiger charge is 2.46. The minimum atomic E-state index is -0.821. The maximum Gasteiger partial charge on any atom is 0.303 e. The Morgan fingerprint density at radius 1 is 0.919 bits per heavy atom. The van der Waals surface area contributed by atoms with Crippen molar-refractivity contribution in [2.75, 3.05) is 0 Å². The molecule has 1 aromatic carbocycles. The standard InChI is InChI=1S/C29H40O8/c1-20(30)35-24(16-15-23-11-7-6-8-12-23)17-18-26-25(13-9-4-5-10-14-29(33)34)27(36-21(2)31)19-28(26)37-22(3)32/h4,6-9,11-12,24-28H,5,10,13-19H2,1-3H3,(H,33,34)/b9-4-/t24-,25-,26-,27+,28-/m1/s1. The lowest BCUT2D eigenvalue weighted by atomic mass is 9.85. The number of carboxylic acid groups (broad SMARTS) is 1. The van der Waals surface area contributed by atoms with Crippen molar-refractivity contribution >= 4 is 23.9 Å². The molecular formula is C29H40O8. The molecule has 0 heterocycles. The zero-order chi connectivity index (χ0) is 27.2. The summed E-state index contributed by atoms with van der Waals surface area (Å²) in [4.78, 5) is 46.2. The van der Waals surface area contributed by atoms with Crippen LogP contribution in [0, 0.1) is 11.8 Å². The fraction of sp³-hybridized carbons (Fsp3) is 0.586. The minimum Gasteiger partial charge on any atom is -0.481 e. The Morgan fingerprint density at radius 2 is 1.57 bits per heavy atom. The van der Waals surface area contributed by atoms with E-state index in [1.165, 1.54) is 26.3 Å². The molecule has 5 atom stereocenters. The predicted molar refractivity (Wildman–Crippen MR) is 137 cm³/mol. The van der Waals surface area contributed by atoms with Crippen molar-refractivity contribution in [1.29, 1.82) is 0 Å². The Hall–Kier alpha value is -3.16. The number of esters is 3. The van der Waals surface area contributed by atoms with E-state index in [1.54, 1.807) is 0 Å². The highest BCUT2D eigenvalue weighted by Crippen LogP contribution is 2.42. The summed E-state index contributed by atoms with van der Waals surface area (Å²) in [5.41, 5.74) is 1.17. The smallest absolute Gasteiger partial charge is 0.303 e.